The van der Waals surface area contributed by atoms with Gasteiger partial charge in [0.2, 0.25) is 0 Å². The lowest BCUT2D eigenvalue weighted by Gasteiger charge is -2.38. The summed E-state index contributed by atoms with van der Waals surface area (Å²) in [5.41, 5.74) is 9.33. The summed E-state index contributed by atoms with van der Waals surface area (Å²) in [5.74, 6) is 0. The number of aryl methyl sites for hydroxylation is 1. The summed E-state index contributed by atoms with van der Waals surface area (Å²) in [4.78, 5) is 0. The van der Waals surface area contributed by atoms with E-state index in [0.717, 1.165) is 32.6 Å². The second-order valence-corrected chi connectivity index (χ2v) is 5.30. The second-order valence-electron chi connectivity index (χ2n) is 5.30. The van der Waals surface area contributed by atoms with Crippen LogP contribution in [-0.4, -0.2) is 19.8 Å². The van der Waals surface area contributed by atoms with Crippen LogP contribution in [0.3, 0.4) is 0 Å². The second kappa shape index (κ2) is 6.35. The molecule has 1 unspecified atom stereocenters. The Balaban J connectivity index is 2.12. The summed E-state index contributed by atoms with van der Waals surface area (Å²) in [5, 5.41) is 0. The Morgan fingerprint density at radius 2 is 2.17 bits per heavy atom. The quantitative estimate of drug-likeness (QED) is 0.784. The molecule has 1 aromatic carbocycles. The molecule has 0 heterocycles. The first-order valence-electron chi connectivity index (χ1n) is 7.18. The Bertz CT molecular complexity index is 377. The van der Waals surface area contributed by atoms with E-state index in [1.165, 1.54) is 30.4 Å². The van der Waals surface area contributed by atoms with E-state index in [4.69, 9.17) is 10.5 Å². The van der Waals surface area contributed by atoms with Crippen molar-refractivity contribution in [1.29, 1.82) is 0 Å². The molecule has 0 saturated carbocycles. The molecule has 0 amide bonds. The van der Waals surface area contributed by atoms with Crippen LogP contribution in [0.2, 0.25) is 0 Å². The minimum Gasteiger partial charge on any atom is -0.382 e. The third-order valence-electron chi connectivity index (χ3n) is 4.23. The van der Waals surface area contributed by atoms with E-state index in [9.17, 15) is 0 Å². The van der Waals surface area contributed by atoms with Gasteiger partial charge in [0.25, 0.3) is 0 Å². The molecule has 100 valence electrons. The van der Waals surface area contributed by atoms with E-state index < -0.39 is 0 Å². The number of nitrogens with two attached hydrogens (primary N) is 1. The summed E-state index contributed by atoms with van der Waals surface area (Å²) in [6.45, 7) is 4.48. The van der Waals surface area contributed by atoms with Gasteiger partial charge in [0, 0.05) is 25.2 Å². The van der Waals surface area contributed by atoms with Crippen LogP contribution in [0, 0.1) is 0 Å². The standard InChI is InChI=1S/C16H25NO/c1-2-18-12-6-11-16(13-17)10-5-8-14-7-3-4-9-15(14)16/h3-4,7,9H,2,5-6,8,10-13,17H2,1H3. The summed E-state index contributed by atoms with van der Waals surface area (Å²) >= 11 is 0. The van der Waals surface area contributed by atoms with Gasteiger partial charge in [0.05, 0.1) is 0 Å². The zero-order valence-electron chi connectivity index (χ0n) is 11.5. The number of benzene rings is 1. The van der Waals surface area contributed by atoms with Gasteiger partial charge in [0.1, 0.15) is 0 Å². The largest absolute Gasteiger partial charge is 0.382 e. The van der Waals surface area contributed by atoms with Gasteiger partial charge in [0.15, 0.2) is 0 Å². The zero-order valence-corrected chi connectivity index (χ0v) is 11.5. The molecule has 0 bridgehead atoms. The Labute approximate surface area is 111 Å². The number of fused-ring (bicyclic) bond motifs is 1. The van der Waals surface area contributed by atoms with Gasteiger partial charge in [-0.1, -0.05) is 24.3 Å². The van der Waals surface area contributed by atoms with E-state index >= 15 is 0 Å². The van der Waals surface area contributed by atoms with Crippen LogP contribution < -0.4 is 5.73 Å². The fourth-order valence-electron chi connectivity index (χ4n) is 3.24. The topological polar surface area (TPSA) is 35.2 Å². The molecule has 1 aliphatic rings. The Kier molecular flexibility index (Phi) is 4.79. The highest BCUT2D eigenvalue weighted by molar-refractivity contribution is 5.37. The molecule has 0 aliphatic heterocycles. The highest BCUT2D eigenvalue weighted by Gasteiger charge is 2.34. The van der Waals surface area contributed by atoms with Gasteiger partial charge in [-0.2, -0.15) is 0 Å². The van der Waals surface area contributed by atoms with Crippen molar-refractivity contribution in [3.8, 4) is 0 Å². The van der Waals surface area contributed by atoms with E-state index in [1.54, 1.807) is 0 Å². The van der Waals surface area contributed by atoms with Gasteiger partial charge < -0.3 is 10.5 Å². The molecule has 0 spiro atoms. The number of rotatable bonds is 6. The minimum atomic E-state index is 0.200. The first-order valence-corrected chi connectivity index (χ1v) is 7.18. The van der Waals surface area contributed by atoms with Crippen LogP contribution in [0.25, 0.3) is 0 Å². The third kappa shape index (κ3) is 2.76. The average Bonchev–Trinajstić information content (AvgIpc) is 2.44. The summed E-state index contributed by atoms with van der Waals surface area (Å²) in [7, 11) is 0. The molecular formula is C16H25NO. The SMILES string of the molecule is CCOCCCC1(CN)CCCc2ccccc21. The fraction of sp³-hybridized carbons (Fsp3) is 0.625. The molecule has 2 nitrogen and oxygen atoms in total. The Morgan fingerprint density at radius 3 is 2.94 bits per heavy atom. The Hall–Kier alpha value is -0.860. The normalized spacial score (nSPS) is 22.8. The molecule has 1 aromatic rings. The van der Waals surface area contributed by atoms with Crippen molar-refractivity contribution >= 4 is 0 Å². The molecule has 1 atom stereocenters. The van der Waals surface area contributed by atoms with Crippen molar-refractivity contribution in [2.45, 2.75) is 44.4 Å². The molecule has 2 N–H and O–H groups in total. The molecule has 0 aromatic heterocycles. The average molecular weight is 247 g/mol. The first kappa shape index (κ1) is 13.6. The maximum atomic E-state index is 6.13. The molecule has 0 saturated heterocycles. The molecule has 0 fully saturated rings. The van der Waals surface area contributed by atoms with Gasteiger partial charge in [-0.05, 0) is 50.2 Å². The summed E-state index contributed by atoms with van der Waals surface area (Å²) < 4.78 is 5.46. The molecular weight excluding hydrogens is 222 g/mol. The van der Waals surface area contributed by atoms with E-state index in [2.05, 4.69) is 31.2 Å². The highest BCUT2D eigenvalue weighted by Crippen LogP contribution is 2.40. The lowest BCUT2D eigenvalue weighted by Crippen LogP contribution is -2.38. The maximum Gasteiger partial charge on any atom is 0.0466 e. The third-order valence-corrected chi connectivity index (χ3v) is 4.23. The predicted molar refractivity (Wildman–Crippen MR) is 75.8 cm³/mol. The van der Waals surface area contributed by atoms with Gasteiger partial charge in [-0.15, -0.1) is 0 Å². The van der Waals surface area contributed by atoms with Crippen molar-refractivity contribution < 1.29 is 4.74 Å². The van der Waals surface area contributed by atoms with Gasteiger partial charge in [-0.25, -0.2) is 0 Å². The highest BCUT2D eigenvalue weighted by atomic mass is 16.5. The van der Waals surface area contributed by atoms with Crippen LogP contribution in [0.5, 0.6) is 0 Å². The van der Waals surface area contributed by atoms with Crippen molar-refractivity contribution in [3.63, 3.8) is 0 Å². The molecule has 2 rings (SSSR count). The fourth-order valence-corrected chi connectivity index (χ4v) is 3.24. The number of hydrogen-bond donors (Lipinski definition) is 1. The van der Waals surface area contributed by atoms with Crippen molar-refractivity contribution in [3.05, 3.63) is 35.4 Å². The van der Waals surface area contributed by atoms with Crippen LogP contribution in [0.4, 0.5) is 0 Å². The predicted octanol–water partition coefficient (Wildman–Crippen LogP) is 3.04. The smallest absolute Gasteiger partial charge is 0.0466 e. The molecule has 18 heavy (non-hydrogen) atoms. The van der Waals surface area contributed by atoms with Crippen LogP contribution >= 0.6 is 0 Å². The van der Waals surface area contributed by atoms with Crippen molar-refractivity contribution in [2.24, 2.45) is 5.73 Å². The van der Waals surface area contributed by atoms with Crippen LogP contribution in [0.1, 0.15) is 43.7 Å². The molecule has 1 aliphatic carbocycles. The van der Waals surface area contributed by atoms with Crippen LogP contribution in [-0.2, 0) is 16.6 Å². The van der Waals surface area contributed by atoms with Crippen LogP contribution in [0.15, 0.2) is 24.3 Å². The van der Waals surface area contributed by atoms with E-state index in [1.807, 2.05) is 0 Å². The Morgan fingerprint density at radius 1 is 1.33 bits per heavy atom. The van der Waals surface area contributed by atoms with E-state index in [0.29, 0.717) is 0 Å². The zero-order chi connectivity index (χ0) is 12.8. The van der Waals surface area contributed by atoms with Gasteiger partial charge >= 0.3 is 0 Å². The molecule has 0 radical (unpaired) electrons. The monoisotopic (exact) mass is 247 g/mol. The minimum absolute atomic E-state index is 0.200. The van der Waals surface area contributed by atoms with E-state index in [-0.39, 0.29) is 5.41 Å². The summed E-state index contributed by atoms with van der Waals surface area (Å²) in [6.07, 6.45) is 5.97. The van der Waals surface area contributed by atoms with Crippen molar-refractivity contribution in [2.75, 3.05) is 19.8 Å². The first-order chi connectivity index (χ1) is 8.82. The van der Waals surface area contributed by atoms with Crippen molar-refractivity contribution in [1.82, 2.24) is 0 Å². The number of ether oxygens (including phenoxy) is 1. The maximum absolute atomic E-state index is 6.13. The molecule has 2 heteroatoms. The van der Waals surface area contributed by atoms with Gasteiger partial charge in [-0.3, -0.25) is 0 Å². The lowest BCUT2D eigenvalue weighted by molar-refractivity contribution is 0.135. The number of hydrogen-bond acceptors (Lipinski definition) is 2. The summed E-state index contributed by atoms with van der Waals surface area (Å²) in [6, 6.07) is 8.84. The lowest BCUT2D eigenvalue weighted by atomic mass is 9.67.